The van der Waals surface area contributed by atoms with Crippen LogP contribution >= 0.6 is 0 Å². The molecule has 0 aliphatic heterocycles. The molecular formula is C19H19N7. The lowest BCUT2D eigenvalue weighted by molar-refractivity contribution is 0.767. The van der Waals surface area contributed by atoms with Crippen molar-refractivity contribution in [3.63, 3.8) is 0 Å². The first kappa shape index (κ1) is 15.2. The third-order valence-electron chi connectivity index (χ3n) is 5.13. The molecule has 0 bridgehead atoms. The summed E-state index contributed by atoms with van der Waals surface area (Å²) >= 11 is 0. The normalized spacial score (nSPS) is 19.2. The molecule has 1 aliphatic carbocycles. The number of hydrogen-bond acceptors (Lipinski definition) is 5. The first-order valence-corrected chi connectivity index (χ1v) is 8.76. The van der Waals surface area contributed by atoms with E-state index in [1.165, 1.54) is 11.1 Å². The van der Waals surface area contributed by atoms with Crippen LogP contribution in [0.2, 0.25) is 0 Å². The molecule has 2 atom stereocenters. The van der Waals surface area contributed by atoms with E-state index in [1.807, 2.05) is 26.1 Å². The van der Waals surface area contributed by atoms with Crippen LogP contribution in [0.1, 0.15) is 41.3 Å². The Bertz CT molecular complexity index is 1120. The SMILES string of the molecule is Cc1nc(C)n(-c2cc([C@@H]3C[C@H]3c3nc4ccccc4n3C)cnn2)n1. The van der Waals surface area contributed by atoms with Crippen LogP contribution in [0.25, 0.3) is 16.9 Å². The molecule has 7 heteroatoms. The van der Waals surface area contributed by atoms with Gasteiger partial charge in [0.2, 0.25) is 0 Å². The Morgan fingerprint density at radius 2 is 1.92 bits per heavy atom. The van der Waals surface area contributed by atoms with Gasteiger partial charge >= 0.3 is 0 Å². The Labute approximate surface area is 150 Å². The molecule has 3 heterocycles. The minimum Gasteiger partial charge on any atom is -0.331 e. The maximum Gasteiger partial charge on any atom is 0.178 e. The first-order valence-electron chi connectivity index (χ1n) is 8.76. The molecule has 1 aliphatic rings. The number of para-hydroxylation sites is 2. The fraction of sp³-hybridized carbons (Fsp3) is 0.316. The number of rotatable bonds is 3. The van der Waals surface area contributed by atoms with Gasteiger partial charge in [-0.1, -0.05) is 12.1 Å². The molecule has 1 aromatic carbocycles. The molecule has 130 valence electrons. The smallest absolute Gasteiger partial charge is 0.178 e. The van der Waals surface area contributed by atoms with Gasteiger partial charge in [-0.3, -0.25) is 0 Å². The van der Waals surface area contributed by atoms with E-state index in [4.69, 9.17) is 4.98 Å². The number of aromatic nitrogens is 7. The van der Waals surface area contributed by atoms with Crippen molar-refractivity contribution in [3.8, 4) is 5.82 Å². The molecule has 3 aromatic heterocycles. The van der Waals surface area contributed by atoms with Crippen LogP contribution in [0.5, 0.6) is 0 Å². The number of aryl methyl sites for hydroxylation is 3. The highest BCUT2D eigenvalue weighted by Gasteiger charge is 2.43. The maximum atomic E-state index is 4.85. The minimum absolute atomic E-state index is 0.419. The van der Waals surface area contributed by atoms with E-state index in [0.717, 1.165) is 35.2 Å². The zero-order valence-electron chi connectivity index (χ0n) is 15.0. The molecule has 0 amide bonds. The van der Waals surface area contributed by atoms with Crippen LogP contribution < -0.4 is 0 Å². The third kappa shape index (κ3) is 2.31. The van der Waals surface area contributed by atoms with Crippen LogP contribution in [-0.4, -0.2) is 34.5 Å². The lowest BCUT2D eigenvalue weighted by Gasteiger charge is -2.05. The van der Waals surface area contributed by atoms with Crippen molar-refractivity contribution in [2.24, 2.45) is 7.05 Å². The van der Waals surface area contributed by atoms with Crippen molar-refractivity contribution in [1.29, 1.82) is 0 Å². The number of imidazole rings is 1. The Morgan fingerprint density at radius 3 is 2.69 bits per heavy atom. The molecule has 0 spiro atoms. The molecule has 1 fully saturated rings. The summed E-state index contributed by atoms with van der Waals surface area (Å²) in [6, 6.07) is 10.3. The molecule has 7 nitrogen and oxygen atoms in total. The summed E-state index contributed by atoms with van der Waals surface area (Å²) in [6.45, 7) is 3.80. The first-order chi connectivity index (χ1) is 12.6. The average Bonchev–Trinajstić information content (AvgIpc) is 3.27. The highest BCUT2D eigenvalue weighted by Crippen LogP contribution is 2.54. The van der Waals surface area contributed by atoms with E-state index in [-0.39, 0.29) is 0 Å². The van der Waals surface area contributed by atoms with E-state index in [1.54, 1.807) is 4.68 Å². The van der Waals surface area contributed by atoms with Crippen molar-refractivity contribution in [2.45, 2.75) is 32.1 Å². The molecular weight excluding hydrogens is 326 g/mol. The van der Waals surface area contributed by atoms with E-state index in [9.17, 15) is 0 Å². The Hall–Kier alpha value is -3.09. The summed E-state index contributed by atoms with van der Waals surface area (Å²) in [5, 5.41) is 12.8. The third-order valence-corrected chi connectivity index (χ3v) is 5.13. The summed E-state index contributed by atoms with van der Waals surface area (Å²) in [6.07, 6.45) is 2.94. The highest BCUT2D eigenvalue weighted by atomic mass is 15.4. The summed E-state index contributed by atoms with van der Waals surface area (Å²) in [5.41, 5.74) is 3.41. The highest BCUT2D eigenvalue weighted by molar-refractivity contribution is 5.76. The quantitative estimate of drug-likeness (QED) is 0.571. The topological polar surface area (TPSA) is 74.3 Å². The van der Waals surface area contributed by atoms with Crippen LogP contribution in [0.3, 0.4) is 0 Å². The van der Waals surface area contributed by atoms with Crippen LogP contribution in [-0.2, 0) is 7.05 Å². The fourth-order valence-corrected chi connectivity index (χ4v) is 3.76. The second kappa shape index (κ2) is 5.45. The lowest BCUT2D eigenvalue weighted by Crippen LogP contribution is -2.04. The summed E-state index contributed by atoms with van der Waals surface area (Å²) in [5.74, 6) is 4.25. The fourth-order valence-electron chi connectivity index (χ4n) is 3.76. The lowest BCUT2D eigenvalue weighted by atomic mass is 10.1. The van der Waals surface area contributed by atoms with Crippen LogP contribution in [0.15, 0.2) is 36.5 Å². The van der Waals surface area contributed by atoms with E-state index >= 15 is 0 Å². The number of fused-ring (bicyclic) bond motifs is 1. The van der Waals surface area contributed by atoms with Gasteiger partial charge in [0, 0.05) is 13.0 Å². The predicted molar refractivity (Wildman–Crippen MR) is 97.2 cm³/mol. The van der Waals surface area contributed by atoms with Crippen molar-refractivity contribution in [2.75, 3.05) is 0 Å². The number of hydrogen-bond donors (Lipinski definition) is 0. The molecule has 0 unspecified atom stereocenters. The van der Waals surface area contributed by atoms with Crippen molar-refractivity contribution in [1.82, 2.24) is 34.5 Å². The molecule has 0 N–H and O–H groups in total. The van der Waals surface area contributed by atoms with Crippen LogP contribution in [0, 0.1) is 13.8 Å². The van der Waals surface area contributed by atoms with Crippen molar-refractivity contribution in [3.05, 3.63) is 59.6 Å². The standard InChI is InChI=1S/C19H19N7/c1-11-21-12(2)26(24-11)18-8-13(10-20-23-18)14-9-15(14)19-22-16-6-4-5-7-17(16)25(19)3/h4-8,10,14-15H,9H2,1-3H3/t14-,15+/m0/s1. The van der Waals surface area contributed by atoms with Gasteiger partial charge < -0.3 is 4.57 Å². The monoisotopic (exact) mass is 345 g/mol. The van der Waals surface area contributed by atoms with Gasteiger partial charge in [0.15, 0.2) is 5.82 Å². The predicted octanol–water partition coefficient (Wildman–Crippen LogP) is 2.83. The molecule has 4 aromatic rings. The number of nitrogens with zero attached hydrogens (tertiary/aromatic N) is 7. The summed E-state index contributed by atoms with van der Waals surface area (Å²) in [7, 11) is 2.10. The van der Waals surface area contributed by atoms with E-state index in [0.29, 0.717) is 11.8 Å². The van der Waals surface area contributed by atoms with Gasteiger partial charge in [0.1, 0.15) is 17.5 Å². The molecule has 0 saturated heterocycles. The van der Waals surface area contributed by atoms with Crippen LogP contribution in [0.4, 0.5) is 0 Å². The average molecular weight is 345 g/mol. The Balaban J connectivity index is 1.48. The number of benzene rings is 1. The zero-order chi connectivity index (χ0) is 17.8. The molecule has 5 rings (SSSR count). The zero-order valence-corrected chi connectivity index (χ0v) is 15.0. The van der Waals surface area contributed by atoms with Gasteiger partial charge in [0.25, 0.3) is 0 Å². The summed E-state index contributed by atoms with van der Waals surface area (Å²) in [4.78, 5) is 9.19. The van der Waals surface area contributed by atoms with Gasteiger partial charge in [-0.05, 0) is 49.9 Å². The van der Waals surface area contributed by atoms with Crippen molar-refractivity contribution >= 4 is 11.0 Å². The Kier molecular flexibility index (Phi) is 3.19. The van der Waals surface area contributed by atoms with Gasteiger partial charge in [-0.2, -0.15) is 9.78 Å². The molecule has 1 saturated carbocycles. The largest absolute Gasteiger partial charge is 0.331 e. The second-order valence-corrected chi connectivity index (χ2v) is 6.93. The Morgan fingerprint density at radius 1 is 1.08 bits per heavy atom. The summed E-state index contributed by atoms with van der Waals surface area (Å²) < 4.78 is 3.96. The second-order valence-electron chi connectivity index (χ2n) is 6.93. The van der Waals surface area contributed by atoms with Gasteiger partial charge in [-0.25, -0.2) is 9.97 Å². The molecule has 26 heavy (non-hydrogen) atoms. The molecule has 0 radical (unpaired) electrons. The van der Waals surface area contributed by atoms with Gasteiger partial charge in [-0.15, -0.1) is 10.2 Å². The minimum atomic E-state index is 0.419. The van der Waals surface area contributed by atoms with E-state index in [2.05, 4.69) is 56.2 Å². The van der Waals surface area contributed by atoms with Crippen molar-refractivity contribution < 1.29 is 0 Å². The van der Waals surface area contributed by atoms with E-state index < -0.39 is 0 Å². The van der Waals surface area contributed by atoms with Gasteiger partial charge in [0.05, 0.1) is 17.2 Å². The maximum absolute atomic E-state index is 4.85.